The van der Waals surface area contributed by atoms with E-state index in [0.717, 1.165) is 26.6 Å². The number of H-pyrrole nitrogens is 1. The third-order valence-corrected chi connectivity index (χ3v) is 3.86. The zero-order valence-electron chi connectivity index (χ0n) is 11.0. The van der Waals surface area contributed by atoms with E-state index < -0.39 is 0 Å². The molecule has 0 bridgehead atoms. The molecule has 3 nitrogen and oxygen atoms in total. The molecule has 0 radical (unpaired) electrons. The summed E-state index contributed by atoms with van der Waals surface area (Å²) in [6.07, 6.45) is 0. The Labute approximate surface area is 120 Å². The van der Waals surface area contributed by atoms with Crippen LogP contribution in [0.3, 0.4) is 0 Å². The molecule has 3 N–H and O–H groups in total. The van der Waals surface area contributed by atoms with Crippen LogP contribution in [0.15, 0.2) is 46.5 Å². The molecule has 0 aliphatic rings. The molecule has 0 saturated heterocycles. The molecular formula is C15H14FN3S. The van der Waals surface area contributed by atoms with Gasteiger partial charge in [-0.3, -0.25) is 0 Å². The van der Waals surface area contributed by atoms with Gasteiger partial charge < -0.3 is 10.7 Å². The fourth-order valence-corrected chi connectivity index (χ4v) is 2.97. The topological polar surface area (TPSA) is 54.7 Å². The first-order valence-electron chi connectivity index (χ1n) is 6.28. The maximum Gasteiger partial charge on any atom is 0.171 e. The molecular weight excluding hydrogens is 273 g/mol. The molecule has 1 aromatic heterocycles. The lowest BCUT2D eigenvalue weighted by molar-refractivity contribution is 0.621. The molecule has 0 aliphatic heterocycles. The van der Waals surface area contributed by atoms with Crippen LogP contribution < -0.4 is 5.73 Å². The molecule has 0 saturated carbocycles. The summed E-state index contributed by atoms with van der Waals surface area (Å²) in [5.41, 5.74) is 9.41. The van der Waals surface area contributed by atoms with Gasteiger partial charge in [-0.05, 0) is 48.4 Å². The average Bonchev–Trinajstić information content (AvgIpc) is 2.79. The van der Waals surface area contributed by atoms with Crippen LogP contribution in [0.4, 0.5) is 4.39 Å². The minimum Gasteiger partial charge on any atom is -0.333 e. The lowest BCUT2D eigenvalue weighted by Gasteiger charge is -2.02. The van der Waals surface area contributed by atoms with Crippen molar-refractivity contribution in [2.75, 3.05) is 0 Å². The van der Waals surface area contributed by atoms with Crippen LogP contribution in [-0.4, -0.2) is 9.97 Å². The van der Waals surface area contributed by atoms with Crippen LogP contribution >= 0.6 is 11.8 Å². The first kappa shape index (κ1) is 13.1. The van der Waals surface area contributed by atoms with Gasteiger partial charge in [0.25, 0.3) is 0 Å². The van der Waals surface area contributed by atoms with Crippen LogP contribution in [-0.2, 0) is 6.54 Å². The number of hydrogen-bond acceptors (Lipinski definition) is 3. The Morgan fingerprint density at radius 3 is 2.90 bits per heavy atom. The van der Waals surface area contributed by atoms with Crippen molar-refractivity contribution in [1.29, 1.82) is 0 Å². The summed E-state index contributed by atoms with van der Waals surface area (Å²) in [4.78, 5) is 8.52. The SMILES string of the molecule is Cc1ccc2nc(Sc3cc(F)cc(CN)c3)[nH]c2c1. The Kier molecular flexibility index (Phi) is 3.46. The van der Waals surface area contributed by atoms with Crippen molar-refractivity contribution >= 4 is 22.8 Å². The number of halogens is 1. The van der Waals surface area contributed by atoms with E-state index in [1.807, 2.05) is 31.2 Å². The molecule has 1 heterocycles. The van der Waals surface area contributed by atoms with Gasteiger partial charge in [-0.15, -0.1) is 0 Å². The highest BCUT2D eigenvalue weighted by Gasteiger charge is 2.07. The zero-order valence-corrected chi connectivity index (χ0v) is 11.8. The van der Waals surface area contributed by atoms with Gasteiger partial charge in [0.1, 0.15) is 5.82 Å². The molecule has 0 aliphatic carbocycles. The first-order chi connectivity index (χ1) is 9.64. The first-order valence-corrected chi connectivity index (χ1v) is 7.09. The van der Waals surface area contributed by atoms with Crippen molar-refractivity contribution in [1.82, 2.24) is 9.97 Å². The normalized spacial score (nSPS) is 11.2. The number of aromatic nitrogens is 2. The molecule has 0 fully saturated rings. The summed E-state index contributed by atoms with van der Waals surface area (Å²) in [5.74, 6) is -0.276. The van der Waals surface area contributed by atoms with Gasteiger partial charge in [-0.2, -0.15) is 0 Å². The third kappa shape index (κ3) is 2.69. The summed E-state index contributed by atoms with van der Waals surface area (Å²) < 4.78 is 13.5. The molecule has 0 unspecified atom stereocenters. The summed E-state index contributed by atoms with van der Waals surface area (Å²) in [7, 11) is 0. The Morgan fingerprint density at radius 2 is 2.10 bits per heavy atom. The second-order valence-electron chi connectivity index (χ2n) is 4.66. The van der Waals surface area contributed by atoms with E-state index in [4.69, 9.17) is 5.73 Å². The van der Waals surface area contributed by atoms with Crippen molar-refractivity contribution < 1.29 is 4.39 Å². The van der Waals surface area contributed by atoms with Crippen LogP contribution in [0.2, 0.25) is 0 Å². The highest BCUT2D eigenvalue weighted by molar-refractivity contribution is 7.99. The fourth-order valence-electron chi connectivity index (χ4n) is 2.06. The third-order valence-electron chi connectivity index (χ3n) is 3.00. The largest absolute Gasteiger partial charge is 0.333 e. The number of nitrogens with one attached hydrogen (secondary N) is 1. The number of rotatable bonds is 3. The Balaban J connectivity index is 1.94. The van der Waals surface area contributed by atoms with E-state index in [9.17, 15) is 4.39 Å². The second kappa shape index (κ2) is 5.26. The Hall–Kier alpha value is -1.85. The fraction of sp³-hybridized carbons (Fsp3) is 0.133. The summed E-state index contributed by atoms with van der Waals surface area (Å²) in [5, 5.41) is 0.749. The monoisotopic (exact) mass is 287 g/mol. The van der Waals surface area contributed by atoms with Gasteiger partial charge in [0.2, 0.25) is 0 Å². The number of fused-ring (bicyclic) bond motifs is 1. The lowest BCUT2D eigenvalue weighted by atomic mass is 10.2. The maximum atomic E-state index is 13.5. The minimum atomic E-state index is -0.276. The molecule has 0 atom stereocenters. The number of aromatic amines is 1. The minimum absolute atomic E-state index is 0.276. The van der Waals surface area contributed by atoms with E-state index in [0.29, 0.717) is 6.54 Å². The Morgan fingerprint density at radius 1 is 1.25 bits per heavy atom. The summed E-state index contributed by atoms with van der Waals surface area (Å²) in [6.45, 7) is 2.36. The van der Waals surface area contributed by atoms with Crippen LogP contribution in [0.25, 0.3) is 11.0 Å². The molecule has 3 rings (SSSR count). The summed E-state index contributed by atoms with van der Waals surface area (Å²) in [6, 6.07) is 10.9. The standard InChI is InChI=1S/C15H14FN3S/c1-9-2-3-13-14(4-9)19-15(18-13)20-12-6-10(8-17)5-11(16)7-12/h2-7H,8,17H2,1H3,(H,18,19). The molecule has 3 aromatic rings. The molecule has 102 valence electrons. The molecule has 0 amide bonds. The molecule has 2 aromatic carbocycles. The number of aryl methyl sites for hydroxylation is 1. The van der Waals surface area contributed by atoms with Crippen molar-refractivity contribution in [3.05, 3.63) is 53.3 Å². The molecule has 0 spiro atoms. The van der Waals surface area contributed by atoms with Crippen LogP contribution in [0, 0.1) is 12.7 Å². The predicted octanol–water partition coefficient (Wildman–Crippen LogP) is 3.62. The number of nitrogens with zero attached hydrogens (tertiary/aromatic N) is 1. The van der Waals surface area contributed by atoms with E-state index >= 15 is 0 Å². The van der Waals surface area contributed by atoms with Crippen molar-refractivity contribution in [2.45, 2.75) is 23.5 Å². The number of benzene rings is 2. The molecule has 20 heavy (non-hydrogen) atoms. The van der Waals surface area contributed by atoms with Crippen molar-refractivity contribution in [3.8, 4) is 0 Å². The van der Waals surface area contributed by atoms with E-state index in [-0.39, 0.29) is 5.82 Å². The molecule has 5 heteroatoms. The van der Waals surface area contributed by atoms with Gasteiger partial charge in [0.15, 0.2) is 5.16 Å². The number of nitrogens with two attached hydrogens (primary N) is 1. The van der Waals surface area contributed by atoms with Crippen molar-refractivity contribution in [2.24, 2.45) is 5.73 Å². The van der Waals surface area contributed by atoms with Crippen LogP contribution in [0.5, 0.6) is 0 Å². The van der Waals surface area contributed by atoms with Gasteiger partial charge in [-0.1, -0.05) is 17.8 Å². The highest BCUT2D eigenvalue weighted by atomic mass is 32.2. The quantitative estimate of drug-likeness (QED) is 0.773. The van der Waals surface area contributed by atoms with Gasteiger partial charge >= 0.3 is 0 Å². The number of imidazole rings is 1. The Bertz CT molecular complexity index is 767. The lowest BCUT2D eigenvalue weighted by Crippen LogP contribution is -1.97. The van der Waals surface area contributed by atoms with E-state index in [1.54, 1.807) is 0 Å². The number of hydrogen-bond donors (Lipinski definition) is 2. The highest BCUT2D eigenvalue weighted by Crippen LogP contribution is 2.28. The van der Waals surface area contributed by atoms with Crippen LogP contribution in [0.1, 0.15) is 11.1 Å². The van der Waals surface area contributed by atoms with Gasteiger partial charge in [0.05, 0.1) is 11.0 Å². The maximum absolute atomic E-state index is 13.5. The smallest absolute Gasteiger partial charge is 0.171 e. The summed E-state index contributed by atoms with van der Waals surface area (Å²) >= 11 is 1.40. The van der Waals surface area contributed by atoms with Crippen molar-refractivity contribution in [3.63, 3.8) is 0 Å². The van der Waals surface area contributed by atoms with E-state index in [2.05, 4.69) is 9.97 Å². The van der Waals surface area contributed by atoms with E-state index in [1.165, 1.54) is 29.5 Å². The van der Waals surface area contributed by atoms with Gasteiger partial charge in [-0.25, -0.2) is 9.37 Å². The predicted molar refractivity (Wildman–Crippen MR) is 79.2 cm³/mol. The average molecular weight is 287 g/mol. The zero-order chi connectivity index (χ0) is 14.1. The van der Waals surface area contributed by atoms with Gasteiger partial charge in [0, 0.05) is 11.4 Å². The second-order valence-corrected chi connectivity index (χ2v) is 5.73.